The summed E-state index contributed by atoms with van der Waals surface area (Å²) in [7, 11) is 0. The zero-order valence-corrected chi connectivity index (χ0v) is 18.3. The Morgan fingerprint density at radius 3 is 2.56 bits per heavy atom. The number of aromatic nitrogens is 2. The molecule has 32 heavy (non-hydrogen) atoms. The molecule has 7 nitrogen and oxygen atoms in total. The highest BCUT2D eigenvalue weighted by molar-refractivity contribution is 6.31. The largest absolute Gasteiger partial charge is 0.378 e. The molecule has 1 amide bonds. The summed E-state index contributed by atoms with van der Waals surface area (Å²) in [5.41, 5.74) is 2.41. The van der Waals surface area contributed by atoms with Crippen molar-refractivity contribution in [3.05, 3.63) is 70.6 Å². The van der Waals surface area contributed by atoms with Crippen LogP contribution in [0.5, 0.6) is 0 Å². The number of morpholine rings is 1. The van der Waals surface area contributed by atoms with Crippen molar-refractivity contribution < 1.29 is 13.9 Å². The minimum Gasteiger partial charge on any atom is -0.378 e. The first-order valence-corrected chi connectivity index (χ1v) is 10.6. The number of nitrogens with zero attached hydrogens (tertiary/aromatic N) is 3. The first-order chi connectivity index (χ1) is 15.5. The van der Waals surface area contributed by atoms with Crippen LogP contribution in [0.3, 0.4) is 0 Å². The first kappa shape index (κ1) is 22.0. The van der Waals surface area contributed by atoms with Gasteiger partial charge in [-0.2, -0.15) is 4.98 Å². The normalized spacial score (nSPS) is 13.7. The summed E-state index contributed by atoms with van der Waals surface area (Å²) in [6.07, 6.45) is -0.146. The molecule has 3 aromatic rings. The van der Waals surface area contributed by atoms with E-state index in [1.54, 1.807) is 18.2 Å². The maximum Gasteiger partial charge on any atom is 0.229 e. The minimum atomic E-state index is -0.498. The van der Waals surface area contributed by atoms with Gasteiger partial charge in [0.15, 0.2) is 0 Å². The Balaban J connectivity index is 1.40. The highest BCUT2D eigenvalue weighted by Crippen LogP contribution is 2.22. The summed E-state index contributed by atoms with van der Waals surface area (Å²) in [6, 6.07) is 13.4. The van der Waals surface area contributed by atoms with E-state index in [1.165, 1.54) is 12.1 Å². The lowest BCUT2D eigenvalue weighted by molar-refractivity contribution is -0.115. The number of rotatable bonds is 6. The zero-order chi connectivity index (χ0) is 22.5. The third kappa shape index (κ3) is 5.52. The van der Waals surface area contributed by atoms with Crippen molar-refractivity contribution in [2.45, 2.75) is 13.3 Å². The Hall–Kier alpha value is -3.23. The van der Waals surface area contributed by atoms with E-state index in [0.717, 1.165) is 30.3 Å². The smallest absolute Gasteiger partial charge is 0.229 e. The van der Waals surface area contributed by atoms with Gasteiger partial charge >= 0.3 is 0 Å². The number of hydrogen-bond acceptors (Lipinski definition) is 6. The topological polar surface area (TPSA) is 79.4 Å². The number of carbonyl (C=O) groups excluding carboxylic acids is 1. The van der Waals surface area contributed by atoms with E-state index >= 15 is 0 Å². The Morgan fingerprint density at radius 1 is 1.12 bits per heavy atom. The van der Waals surface area contributed by atoms with Crippen molar-refractivity contribution in [3.8, 4) is 0 Å². The molecule has 0 unspecified atom stereocenters. The van der Waals surface area contributed by atoms with E-state index in [0.29, 0.717) is 24.8 Å². The van der Waals surface area contributed by atoms with Crippen LogP contribution in [-0.4, -0.2) is 42.2 Å². The number of nitrogens with one attached hydrogen (secondary N) is 2. The number of anilines is 4. The van der Waals surface area contributed by atoms with Gasteiger partial charge in [-0.1, -0.05) is 17.7 Å². The Kier molecular flexibility index (Phi) is 6.82. The minimum absolute atomic E-state index is 0.146. The average Bonchev–Trinajstić information content (AvgIpc) is 2.78. The van der Waals surface area contributed by atoms with E-state index in [4.69, 9.17) is 16.3 Å². The second-order valence-corrected chi connectivity index (χ2v) is 7.83. The standard InChI is InChI=1S/C23H23ClFN5O2/c1-15-13-21(30-9-11-32-12-10-30)29-23(26-15)28-17-7-5-16(6-8-17)27-22(31)14-18-19(24)3-2-4-20(18)25/h2-8,13H,9-12,14H2,1H3,(H,27,31)(H,26,28,29). The highest BCUT2D eigenvalue weighted by atomic mass is 35.5. The molecule has 0 spiro atoms. The number of benzene rings is 2. The number of hydrogen-bond donors (Lipinski definition) is 2. The molecule has 1 aliphatic heterocycles. The SMILES string of the molecule is Cc1cc(N2CCOCC2)nc(Nc2ccc(NC(=O)Cc3c(F)cccc3Cl)cc2)n1. The third-order valence-corrected chi connectivity index (χ3v) is 5.35. The molecule has 2 aromatic carbocycles. The van der Waals surface area contributed by atoms with Crippen LogP contribution in [0.2, 0.25) is 5.02 Å². The van der Waals surface area contributed by atoms with Crippen molar-refractivity contribution in [2.75, 3.05) is 41.8 Å². The van der Waals surface area contributed by atoms with Gasteiger partial charge in [0.05, 0.1) is 19.6 Å². The van der Waals surface area contributed by atoms with E-state index in [9.17, 15) is 9.18 Å². The van der Waals surface area contributed by atoms with Gasteiger partial charge < -0.3 is 20.3 Å². The lowest BCUT2D eigenvalue weighted by atomic mass is 10.1. The van der Waals surface area contributed by atoms with Crippen molar-refractivity contribution in [1.82, 2.24) is 9.97 Å². The molecule has 0 saturated carbocycles. The fraction of sp³-hybridized carbons (Fsp3) is 0.261. The molecule has 1 saturated heterocycles. The lowest BCUT2D eigenvalue weighted by Gasteiger charge is -2.28. The summed E-state index contributed by atoms with van der Waals surface area (Å²) >= 11 is 6.00. The van der Waals surface area contributed by atoms with Crippen LogP contribution in [0.25, 0.3) is 0 Å². The summed E-state index contributed by atoms with van der Waals surface area (Å²) in [6.45, 7) is 4.88. The number of carbonyl (C=O) groups is 1. The van der Waals surface area contributed by atoms with Crippen LogP contribution in [0.1, 0.15) is 11.3 Å². The van der Waals surface area contributed by atoms with Gasteiger partial charge in [0.1, 0.15) is 11.6 Å². The Labute approximate surface area is 190 Å². The molecule has 0 bridgehead atoms. The Bertz CT molecular complexity index is 1080. The molecule has 166 valence electrons. The predicted octanol–water partition coefficient (Wildman–Crippen LogP) is 4.34. The van der Waals surface area contributed by atoms with Gasteiger partial charge in [0.25, 0.3) is 0 Å². The molecular formula is C23H23ClFN5O2. The third-order valence-electron chi connectivity index (χ3n) is 5.00. The molecule has 1 fully saturated rings. The molecule has 4 rings (SSSR count). The number of aryl methyl sites for hydroxylation is 1. The molecular weight excluding hydrogens is 433 g/mol. The molecule has 9 heteroatoms. The molecule has 0 radical (unpaired) electrons. The maximum absolute atomic E-state index is 13.9. The van der Waals surface area contributed by atoms with Crippen LogP contribution in [-0.2, 0) is 16.0 Å². The molecule has 1 aromatic heterocycles. The van der Waals surface area contributed by atoms with Gasteiger partial charge in [-0.3, -0.25) is 4.79 Å². The van der Waals surface area contributed by atoms with Crippen LogP contribution in [0.15, 0.2) is 48.5 Å². The second kappa shape index (κ2) is 9.93. The number of halogens is 2. The summed E-state index contributed by atoms with van der Waals surface area (Å²) < 4.78 is 19.3. The van der Waals surface area contributed by atoms with Gasteiger partial charge in [0, 0.05) is 46.8 Å². The molecule has 0 aliphatic carbocycles. The predicted molar refractivity (Wildman–Crippen MR) is 123 cm³/mol. The molecule has 0 atom stereocenters. The van der Waals surface area contributed by atoms with Crippen LogP contribution < -0.4 is 15.5 Å². The van der Waals surface area contributed by atoms with Crippen molar-refractivity contribution in [2.24, 2.45) is 0 Å². The van der Waals surface area contributed by atoms with Crippen LogP contribution in [0.4, 0.5) is 27.5 Å². The number of ether oxygens (including phenoxy) is 1. The van der Waals surface area contributed by atoms with Crippen molar-refractivity contribution in [1.29, 1.82) is 0 Å². The van der Waals surface area contributed by atoms with Crippen molar-refractivity contribution in [3.63, 3.8) is 0 Å². The van der Waals surface area contributed by atoms with Gasteiger partial charge in [0.2, 0.25) is 11.9 Å². The molecule has 2 N–H and O–H groups in total. The summed E-state index contributed by atoms with van der Waals surface area (Å²) in [4.78, 5) is 23.5. The van der Waals surface area contributed by atoms with Gasteiger partial charge in [-0.25, -0.2) is 9.37 Å². The van der Waals surface area contributed by atoms with E-state index in [1.807, 2.05) is 25.1 Å². The molecule has 1 aliphatic rings. The Morgan fingerprint density at radius 2 is 1.84 bits per heavy atom. The molecule has 2 heterocycles. The van der Waals surface area contributed by atoms with Crippen LogP contribution >= 0.6 is 11.6 Å². The lowest BCUT2D eigenvalue weighted by Crippen LogP contribution is -2.36. The van der Waals surface area contributed by atoms with E-state index < -0.39 is 5.82 Å². The highest BCUT2D eigenvalue weighted by Gasteiger charge is 2.15. The van der Waals surface area contributed by atoms with E-state index in [2.05, 4.69) is 25.5 Å². The fourth-order valence-corrected chi connectivity index (χ4v) is 3.63. The number of amides is 1. The summed E-state index contributed by atoms with van der Waals surface area (Å²) in [5, 5.41) is 6.19. The van der Waals surface area contributed by atoms with E-state index in [-0.39, 0.29) is 22.9 Å². The quantitative estimate of drug-likeness (QED) is 0.575. The summed E-state index contributed by atoms with van der Waals surface area (Å²) in [5.74, 6) is 0.508. The average molecular weight is 456 g/mol. The zero-order valence-electron chi connectivity index (χ0n) is 17.6. The van der Waals surface area contributed by atoms with Gasteiger partial charge in [-0.15, -0.1) is 0 Å². The maximum atomic E-state index is 13.9. The van der Waals surface area contributed by atoms with Crippen molar-refractivity contribution >= 4 is 40.6 Å². The monoisotopic (exact) mass is 455 g/mol. The van der Waals surface area contributed by atoms with Gasteiger partial charge in [-0.05, 0) is 43.3 Å². The first-order valence-electron chi connectivity index (χ1n) is 10.3. The fourth-order valence-electron chi connectivity index (χ4n) is 3.40. The second-order valence-electron chi connectivity index (χ2n) is 7.42. The van der Waals surface area contributed by atoms with Crippen LogP contribution in [0, 0.1) is 12.7 Å².